The summed E-state index contributed by atoms with van der Waals surface area (Å²) in [7, 11) is 1.78. The topological polar surface area (TPSA) is 81.9 Å². The summed E-state index contributed by atoms with van der Waals surface area (Å²) < 4.78 is 5.15. The first kappa shape index (κ1) is 22.6. The van der Waals surface area contributed by atoms with Crippen LogP contribution in [0.1, 0.15) is 40.6 Å². The summed E-state index contributed by atoms with van der Waals surface area (Å²) in [6.45, 7) is 3.63. The third kappa shape index (κ3) is 6.23. The van der Waals surface area contributed by atoms with Gasteiger partial charge in [0.2, 0.25) is 0 Å². The van der Waals surface area contributed by atoms with E-state index in [9.17, 15) is 4.79 Å². The van der Waals surface area contributed by atoms with E-state index < -0.39 is 0 Å². The molecule has 4 rings (SSSR count). The van der Waals surface area contributed by atoms with E-state index in [1.807, 2.05) is 24.3 Å². The molecule has 3 N–H and O–H groups in total. The second kappa shape index (κ2) is 11.3. The number of hydrogen-bond donors (Lipinski definition) is 3. The fourth-order valence-corrected chi connectivity index (χ4v) is 4.15. The lowest BCUT2D eigenvalue weighted by molar-refractivity contribution is 0.0996. The first-order valence-corrected chi connectivity index (χ1v) is 11.4. The molecular formula is C26H31N5O2. The molecule has 0 spiro atoms. The monoisotopic (exact) mass is 445 g/mol. The van der Waals surface area contributed by atoms with Crippen molar-refractivity contribution in [2.24, 2.45) is 4.99 Å². The molecule has 33 heavy (non-hydrogen) atoms. The van der Waals surface area contributed by atoms with Crippen LogP contribution < -0.4 is 16.0 Å². The quantitative estimate of drug-likeness (QED) is 0.360. The maximum absolute atomic E-state index is 12.2. The Morgan fingerprint density at radius 3 is 2.58 bits per heavy atom. The Bertz CT molecular complexity index is 1040. The fourth-order valence-electron chi connectivity index (χ4n) is 4.15. The molecule has 0 aliphatic carbocycles. The van der Waals surface area contributed by atoms with Gasteiger partial charge in [0.15, 0.2) is 11.7 Å². The molecule has 7 heteroatoms. The Balaban J connectivity index is 1.33. The molecule has 172 valence electrons. The van der Waals surface area contributed by atoms with Crippen LogP contribution in [0.2, 0.25) is 0 Å². The van der Waals surface area contributed by atoms with Gasteiger partial charge in [-0.2, -0.15) is 0 Å². The van der Waals surface area contributed by atoms with Crippen LogP contribution in [0, 0.1) is 0 Å². The predicted octanol–water partition coefficient (Wildman–Crippen LogP) is 4.03. The Hall–Kier alpha value is -3.58. The van der Waals surface area contributed by atoms with Crippen LogP contribution >= 0.6 is 0 Å². The Morgan fingerprint density at radius 2 is 1.85 bits per heavy atom. The van der Waals surface area contributed by atoms with Crippen molar-refractivity contribution in [2.45, 2.75) is 25.4 Å². The molecule has 1 aromatic heterocycles. The summed E-state index contributed by atoms with van der Waals surface area (Å²) >= 11 is 0. The van der Waals surface area contributed by atoms with Gasteiger partial charge in [-0.1, -0.05) is 42.5 Å². The van der Waals surface area contributed by atoms with Gasteiger partial charge in [-0.25, -0.2) is 0 Å². The molecule has 1 saturated heterocycles. The van der Waals surface area contributed by atoms with Gasteiger partial charge in [-0.3, -0.25) is 14.7 Å². The number of carbonyl (C=O) groups excluding carboxylic acids is 1. The second-order valence-electron chi connectivity index (χ2n) is 8.11. The van der Waals surface area contributed by atoms with E-state index in [1.54, 1.807) is 19.2 Å². The SMILES string of the molecule is CN=C(NCc1cccc(NC(=O)c2ccco2)c1)NCC(c1ccccc1)N1CCCC1. The lowest BCUT2D eigenvalue weighted by Gasteiger charge is -2.29. The average Bonchev–Trinajstić information content (AvgIpc) is 3.57. The summed E-state index contributed by atoms with van der Waals surface area (Å²) in [5.41, 5.74) is 3.08. The lowest BCUT2D eigenvalue weighted by Crippen LogP contribution is -2.42. The molecule has 2 aromatic carbocycles. The van der Waals surface area contributed by atoms with Crippen LogP contribution in [0.25, 0.3) is 0 Å². The minimum atomic E-state index is -0.267. The van der Waals surface area contributed by atoms with Crippen molar-refractivity contribution in [1.29, 1.82) is 0 Å². The molecule has 7 nitrogen and oxygen atoms in total. The molecular weight excluding hydrogens is 414 g/mol. The Kier molecular flexibility index (Phi) is 7.76. The van der Waals surface area contributed by atoms with E-state index in [0.717, 1.165) is 36.8 Å². The first-order chi connectivity index (χ1) is 16.2. The van der Waals surface area contributed by atoms with E-state index in [-0.39, 0.29) is 11.7 Å². The maximum atomic E-state index is 12.2. The largest absolute Gasteiger partial charge is 0.459 e. The molecule has 2 heterocycles. The van der Waals surface area contributed by atoms with Crippen molar-refractivity contribution < 1.29 is 9.21 Å². The van der Waals surface area contributed by atoms with Crippen molar-refractivity contribution in [3.63, 3.8) is 0 Å². The van der Waals surface area contributed by atoms with E-state index in [1.165, 1.54) is 24.7 Å². The summed E-state index contributed by atoms with van der Waals surface area (Å²) in [4.78, 5) is 19.2. The zero-order valence-electron chi connectivity index (χ0n) is 19.0. The summed E-state index contributed by atoms with van der Waals surface area (Å²) in [5.74, 6) is 0.769. The van der Waals surface area contributed by atoms with Gasteiger partial charge >= 0.3 is 0 Å². The van der Waals surface area contributed by atoms with Crippen LogP contribution in [-0.4, -0.2) is 43.4 Å². The zero-order chi connectivity index (χ0) is 22.9. The number of benzene rings is 2. The zero-order valence-corrected chi connectivity index (χ0v) is 19.0. The third-order valence-corrected chi connectivity index (χ3v) is 5.84. The molecule has 1 unspecified atom stereocenters. The lowest BCUT2D eigenvalue weighted by atomic mass is 10.1. The molecule has 0 saturated carbocycles. The number of nitrogens with one attached hydrogen (secondary N) is 3. The van der Waals surface area contributed by atoms with Crippen molar-refractivity contribution in [2.75, 3.05) is 32.0 Å². The minimum absolute atomic E-state index is 0.267. The smallest absolute Gasteiger partial charge is 0.291 e. The summed E-state index contributed by atoms with van der Waals surface area (Å²) in [6, 6.07) is 22.0. The average molecular weight is 446 g/mol. The first-order valence-electron chi connectivity index (χ1n) is 11.4. The molecule has 1 amide bonds. The normalized spacial score (nSPS) is 15.2. The van der Waals surface area contributed by atoms with Gasteiger partial charge in [0.25, 0.3) is 5.91 Å². The molecule has 1 fully saturated rings. The highest BCUT2D eigenvalue weighted by Crippen LogP contribution is 2.24. The number of nitrogens with zero attached hydrogens (tertiary/aromatic N) is 2. The number of amides is 1. The van der Waals surface area contributed by atoms with Crippen LogP contribution in [-0.2, 0) is 6.54 Å². The van der Waals surface area contributed by atoms with Gasteiger partial charge in [0, 0.05) is 25.8 Å². The standard InChI is InChI=1S/C26H31N5O2/c1-27-26(29-19-23(31-14-5-6-15-31)21-10-3-2-4-11-21)28-18-20-9-7-12-22(17-20)30-25(32)24-13-8-16-33-24/h2-4,7-13,16-17,23H,5-6,14-15,18-19H2,1H3,(H,30,32)(H2,27,28,29). The molecule has 0 bridgehead atoms. The third-order valence-electron chi connectivity index (χ3n) is 5.84. The number of likely N-dealkylation sites (tertiary alicyclic amines) is 1. The minimum Gasteiger partial charge on any atom is -0.459 e. The Labute approximate surface area is 194 Å². The molecule has 1 aliphatic rings. The number of carbonyl (C=O) groups is 1. The highest BCUT2D eigenvalue weighted by molar-refractivity contribution is 6.02. The molecule has 3 aromatic rings. The molecule has 1 atom stereocenters. The highest BCUT2D eigenvalue weighted by Gasteiger charge is 2.23. The highest BCUT2D eigenvalue weighted by atomic mass is 16.3. The van der Waals surface area contributed by atoms with Gasteiger partial charge < -0.3 is 20.4 Å². The van der Waals surface area contributed by atoms with Crippen molar-refractivity contribution in [3.8, 4) is 0 Å². The maximum Gasteiger partial charge on any atom is 0.291 e. The fraction of sp³-hybridized carbons (Fsp3) is 0.308. The number of anilines is 1. The van der Waals surface area contributed by atoms with Crippen LogP contribution in [0.15, 0.2) is 82.4 Å². The summed E-state index contributed by atoms with van der Waals surface area (Å²) in [6.07, 6.45) is 3.99. The van der Waals surface area contributed by atoms with E-state index in [2.05, 4.69) is 56.2 Å². The predicted molar refractivity (Wildman–Crippen MR) is 131 cm³/mol. The van der Waals surface area contributed by atoms with E-state index in [0.29, 0.717) is 12.6 Å². The van der Waals surface area contributed by atoms with Gasteiger partial charge in [-0.15, -0.1) is 0 Å². The van der Waals surface area contributed by atoms with Crippen LogP contribution in [0.5, 0.6) is 0 Å². The number of aliphatic imine (C=N–C) groups is 1. The van der Waals surface area contributed by atoms with Crippen molar-refractivity contribution in [1.82, 2.24) is 15.5 Å². The van der Waals surface area contributed by atoms with Crippen molar-refractivity contribution in [3.05, 3.63) is 89.9 Å². The van der Waals surface area contributed by atoms with Crippen molar-refractivity contribution >= 4 is 17.6 Å². The molecule has 1 aliphatic heterocycles. The Morgan fingerprint density at radius 1 is 1.03 bits per heavy atom. The van der Waals surface area contributed by atoms with Crippen LogP contribution in [0.4, 0.5) is 5.69 Å². The van der Waals surface area contributed by atoms with E-state index >= 15 is 0 Å². The molecule has 0 radical (unpaired) electrons. The number of rotatable bonds is 8. The summed E-state index contributed by atoms with van der Waals surface area (Å²) in [5, 5.41) is 9.74. The second-order valence-corrected chi connectivity index (χ2v) is 8.11. The van der Waals surface area contributed by atoms with Crippen LogP contribution in [0.3, 0.4) is 0 Å². The van der Waals surface area contributed by atoms with Gasteiger partial charge in [0.05, 0.1) is 12.3 Å². The number of guanidine groups is 1. The van der Waals surface area contributed by atoms with E-state index in [4.69, 9.17) is 4.42 Å². The van der Waals surface area contributed by atoms with Gasteiger partial charge in [0.1, 0.15) is 0 Å². The number of hydrogen-bond acceptors (Lipinski definition) is 4. The van der Waals surface area contributed by atoms with Gasteiger partial charge in [-0.05, 0) is 61.3 Å². The number of furan rings is 1.